The summed E-state index contributed by atoms with van der Waals surface area (Å²) < 4.78 is 0. The van der Waals surface area contributed by atoms with Gasteiger partial charge in [0.1, 0.15) is 0 Å². The maximum Gasteiger partial charge on any atom is 0.226 e. The van der Waals surface area contributed by atoms with E-state index in [-0.39, 0.29) is 0 Å². The molecule has 1 aliphatic carbocycles. The second kappa shape index (κ2) is 5.70. The normalized spacial score (nSPS) is 23.1. The van der Waals surface area contributed by atoms with Crippen LogP contribution in [0.2, 0.25) is 0 Å². The molecule has 2 aliphatic rings. The third-order valence-corrected chi connectivity index (χ3v) is 3.70. The molecule has 2 nitrogen and oxygen atoms in total. The molecule has 0 saturated heterocycles. The molecule has 98 valence electrons. The van der Waals surface area contributed by atoms with E-state index >= 15 is 0 Å². The van der Waals surface area contributed by atoms with Crippen molar-refractivity contribution in [2.75, 3.05) is 13.1 Å². The van der Waals surface area contributed by atoms with E-state index in [1.807, 2.05) is 18.7 Å². The molecule has 1 aliphatic heterocycles. The lowest BCUT2D eigenvalue weighted by molar-refractivity contribution is -0.142. The Hall–Kier alpha value is -0.790. The van der Waals surface area contributed by atoms with Gasteiger partial charge in [-0.05, 0) is 31.6 Å². The molecule has 0 aromatic heterocycles. The Morgan fingerprint density at radius 1 is 1.35 bits per heavy atom. The van der Waals surface area contributed by atoms with Gasteiger partial charge in [0.25, 0.3) is 0 Å². The monoisotopic (exact) mass is 237 g/mol. The largest absolute Gasteiger partial charge is 0.338 e. The Labute approximate surface area is 106 Å². The van der Waals surface area contributed by atoms with Gasteiger partial charge in [-0.3, -0.25) is 4.79 Å². The molecule has 1 saturated carbocycles. The molecule has 0 N–H and O–H groups in total. The molecule has 1 amide bonds. The zero-order valence-corrected chi connectivity index (χ0v) is 12.0. The van der Waals surface area contributed by atoms with Crippen molar-refractivity contribution in [2.24, 2.45) is 11.3 Å². The van der Waals surface area contributed by atoms with Gasteiger partial charge in [-0.15, -0.1) is 0 Å². The van der Waals surface area contributed by atoms with Crippen molar-refractivity contribution >= 4 is 5.91 Å². The van der Waals surface area contributed by atoms with E-state index in [9.17, 15) is 4.79 Å². The van der Waals surface area contributed by atoms with Gasteiger partial charge in [-0.1, -0.05) is 39.3 Å². The number of carbonyl (C=O) groups excluding carboxylic acids is 1. The first kappa shape index (κ1) is 14.3. The maximum absolute atomic E-state index is 12.1. The summed E-state index contributed by atoms with van der Waals surface area (Å²) in [4.78, 5) is 14.1. The van der Waals surface area contributed by atoms with Crippen LogP contribution in [0, 0.1) is 11.3 Å². The van der Waals surface area contributed by atoms with Gasteiger partial charge >= 0.3 is 0 Å². The van der Waals surface area contributed by atoms with Crippen LogP contribution in [-0.2, 0) is 4.79 Å². The van der Waals surface area contributed by atoms with E-state index in [1.54, 1.807) is 0 Å². The SMILES string of the molecule is CC.CC1=CCN(C(=O)C2CC(C)(C)C2)CC1. The first-order chi connectivity index (χ1) is 7.98. The second-order valence-electron chi connectivity index (χ2n) is 5.85. The summed E-state index contributed by atoms with van der Waals surface area (Å²) in [5.74, 6) is 0.699. The Morgan fingerprint density at radius 3 is 2.35 bits per heavy atom. The Kier molecular flexibility index (Phi) is 4.79. The van der Waals surface area contributed by atoms with Crippen LogP contribution in [0.1, 0.15) is 53.9 Å². The van der Waals surface area contributed by atoms with Gasteiger partial charge in [-0.2, -0.15) is 0 Å². The van der Waals surface area contributed by atoms with Crippen LogP contribution in [0.25, 0.3) is 0 Å². The third kappa shape index (κ3) is 3.58. The first-order valence-electron chi connectivity index (χ1n) is 6.92. The van der Waals surface area contributed by atoms with Crippen molar-refractivity contribution in [2.45, 2.75) is 53.9 Å². The van der Waals surface area contributed by atoms with Gasteiger partial charge in [0, 0.05) is 19.0 Å². The molecule has 0 aromatic carbocycles. The fraction of sp³-hybridized carbons (Fsp3) is 0.800. The fourth-order valence-electron chi connectivity index (χ4n) is 2.68. The zero-order valence-electron chi connectivity index (χ0n) is 12.0. The number of rotatable bonds is 1. The molecule has 0 spiro atoms. The van der Waals surface area contributed by atoms with Crippen LogP contribution in [0.4, 0.5) is 0 Å². The van der Waals surface area contributed by atoms with E-state index in [1.165, 1.54) is 5.57 Å². The molecule has 17 heavy (non-hydrogen) atoms. The fourth-order valence-corrected chi connectivity index (χ4v) is 2.68. The Bertz CT molecular complexity index is 296. The molecule has 2 rings (SSSR count). The van der Waals surface area contributed by atoms with Crippen LogP contribution < -0.4 is 0 Å². The summed E-state index contributed by atoms with van der Waals surface area (Å²) in [5, 5.41) is 0. The Morgan fingerprint density at radius 2 is 1.94 bits per heavy atom. The molecule has 1 fully saturated rings. The van der Waals surface area contributed by atoms with Crippen molar-refractivity contribution in [1.29, 1.82) is 0 Å². The predicted octanol–water partition coefficient (Wildman–Crippen LogP) is 3.63. The molecule has 0 atom stereocenters. The topological polar surface area (TPSA) is 20.3 Å². The van der Waals surface area contributed by atoms with E-state index in [4.69, 9.17) is 0 Å². The average Bonchev–Trinajstić information content (AvgIpc) is 2.28. The maximum atomic E-state index is 12.1. The van der Waals surface area contributed by atoms with Gasteiger partial charge in [0.2, 0.25) is 5.91 Å². The molecular formula is C15H27NO. The quantitative estimate of drug-likeness (QED) is 0.638. The van der Waals surface area contributed by atoms with Crippen molar-refractivity contribution in [1.82, 2.24) is 4.90 Å². The third-order valence-electron chi connectivity index (χ3n) is 3.70. The van der Waals surface area contributed by atoms with Gasteiger partial charge in [-0.25, -0.2) is 0 Å². The van der Waals surface area contributed by atoms with Crippen LogP contribution >= 0.6 is 0 Å². The van der Waals surface area contributed by atoms with Crippen molar-refractivity contribution in [3.63, 3.8) is 0 Å². The number of carbonyl (C=O) groups is 1. The summed E-state index contributed by atoms with van der Waals surface area (Å²) in [5.41, 5.74) is 1.83. The van der Waals surface area contributed by atoms with Crippen LogP contribution in [0.3, 0.4) is 0 Å². The minimum absolute atomic E-state index is 0.312. The summed E-state index contributed by atoms with van der Waals surface area (Å²) in [6.07, 6.45) is 5.39. The average molecular weight is 237 g/mol. The molecule has 2 heteroatoms. The second-order valence-corrected chi connectivity index (χ2v) is 5.85. The lowest BCUT2D eigenvalue weighted by atomic mass is 9.64. The smallest absolute Gasteiger partial charge is 0.226 e. The number of hydrogen-bond acceptors (Lipinski definition) is 1. The highest BCUT2D eigenvalue weighted by molar-refractivity contribution is 5.80. The summed E-state index contributed by atoms with van der Waals surface area (Å²) in [6.45, 7) is 12.4. The summed E-state index contributed by atoms with van der Waals surface area (Å²) in [6, 6.07) is 0. The molecule has 0 bridgehead atoms. The van der Waals surface area contributed by atoms with Crippen LogP contribution in [0.5, 0.6) is 0 Å². The molecule has 1 heterocycles. The van der Waals surface area contributed by atoms with E-state index < -0.39 is 0 Å². The van der Waals surface area contributed by atoms with E-state index in [2.05, 4.69) is 26.8 Å². The Balaban J connectivity index is 0.000000686. The lowest BCUT2D eigenvalue weighted by Crippen LogP contribution is -2.46. The predicted molar refractivity (Wildman–Crippen MR) is 72.8 cm³/mol. The van der Waals surface area contributed by atoms with E-state index in [0.717, 1.165) is 32.4 Å². The highest BCUT2D eigenvalue weighted by Crippen LogP contribution is 2.45. The minimum atomic E-state index is 0.312. The minimum Gasteiger partial charge on any atom is -0.338 e. The van der Waals surface area contributed by atoms with E-state index in [0.29, 0.717) is 17.2 Å². The highest BCUT2D eigenvalue weighted by atomic mass is 16.2. The van der Waals surface area contributed by atoms with Crippen molar-refractivity contribution in [3.05, 3.63) is 11.6 Å². The first-order valence-corrected chi connectivity index (χ1v) is 6.92. The summed E-state index contributed by atoms with van der Waals surface area (Å²) >= 11 is 0. The highest BCUT2D eigenvalue weighted by Gasteiger charge is 2.41. The van der Waals surface area contributed by atoms with Gasteiger partial charge in [0.05, 0.1) is 0 Å². The molecule has 0 unspecified atom stereocenters. The van der Waals surface area contributed by atoms with Crippen molar-refractivity contribution < 1.29 is 4.79 Å². The number of nitrogens with zero attached hydrogens (tertiary/aromatic N) is 1. The summed E-state index contributed by atoms with van der Waals surface area (Å²) in [7, 11) is 0. The van der Waals surface area contributed by atoms with Crippen LogP contribution in [0.15, 0.2) is 11.6 Å². The van der Waals surface area contributed by atoms with Gasteiger partial charge in [0.15, 0.2) is 0 Å². The molecular weight excluding hydrogens is 210 g/mol. The standard InChI is InChI=1S/C13H21NO.C2H6/c1-10-4-6-14(7-5-10)12(15)11-8-13(2,3)9-11;1-2/h4,11H,5-9H2,1-3H3;1-2H3. The lowest BCUT2D eigenvalue weighted by Gasteiger charge is -2.44. The van der Waals surface area contributed by atoms with Gasteiger partial charge < -0.3 is 4.90 Å². The number of hydrogen-bond donors (Lipinski definition) is 0. The molecule has 0 aromatic rings. The van der Waals surface area contributed by atoms with Crippen LogP contribution in [-0.4, -0.2) is 23.9 Å². The molecule has 0 radical (unpaired) electrons. The van der Waals surface area contributed by atoms with Crippen molar-refractivity contribution in [3.8, 4) is 0 Å². The zero-order chi connectivity index (χ0) is 13.1. The number of amides is 1.